The van der Waals surface area contributed by atoms with E-state index in [0.717, 1.165) is 36.3 Å². The van der Waals surface area contributed by atoms with Crippen molar-refractivity contribution in [3.8, 4) is 5.82 Å². The van der Waals surface area contributed by atoms with Gasteiger partial charge in [0.2, 0.25) is 0 Å². The van der Waals surface area contributed by atoms with E-state index in [9.17, 15) is 0 Å². The average Bonchev–Trinajstić information content (AvgIpc) is 3.09. The number of nitrogens with zero attached hydrogens (tertiary/aromatic N) is 5. The normalized spacial score (nSPS) is 18.2. The van der Waals surface area contributed by atoms with Crippen LogP contribution in [-0.4, -0.2) is 72.0 Å². The lowest BCUT2D eigenvalue weighted by atomic mass is 10.2. The van der Waals surface area contributed by atoms with Crippen LogP contribution in [0.1, 0.15) is 11.4 Å². The Hall–Kier alpha value is -2.45. The summed E-state index contributed by atoms with van der Waals surface area (Å²) in [6.45, 7) is 5.41. The molecule has 0 spiro atoms. The first-order valence-electron chi connectivity index (χ1n) is 8.73. The molecule has 0 aromatic carbocycles. The van der Waals surface area contributed by atoms with Crippen molar-refractivity contribution in [1.82, 2.24) is 24.8 Å². The summed E-state index contributed by atoms with van der Waals surface area (Å²) in [4.78, 5) is 15.4. The number of morpholine rings is 1. The molecule has 1 aliphatic heterocycles. The smallest absolute Gasteiger partial charge is 0.194 e. The molecule has 1 aliphatic rings. The van der Waals surface area contributed by atoms with Gasteiger partial charge in [-0.3, -0.25) is 9.56 Å². The molecular formula is C18H26N6O2. The summed E-state index contributed by atoms with van der Waals surface area (Å²) >= 11 is 0. The highest BCUT2D eigenvalue weighted by molar-refractivity contribution is 5.80. The Balaban J connectivity index is 1.69. The van der Waals surface area contributed by atoms with Gasteiger partial charge in [-0.2, -0.15) is 0 Å². The van der Waals surface area contributed by atoms with E-state index in [0.29, 0.717) is 19.8 Å². The Labute approximate surface area is 153 Å². The molecule has 1 atom stereocenters. The second kappa shape index (κ2) is 8.77. The zero-order chi connectivity index (χ0) is 18.4. The zero-order valence-electron chi connectivity index (χ0n) is 15.6. The molecular weight excluding hydrogens is 332 g/mol. The summed E-state index contributed by atoms with van der Waals surface area (Å²) in [5, 5.41) is 3.45. The maximum atomic E-state index is 5.72. The van der Waals surface area contributed by atoms with Crippen LogP contribution in [0.3, 0.4) is 0 Å². The van der Waals surface area contributed by atoms with Crippen molar-refractivity contribution in [1.29, 1.82) is 0 Å². The number of rotatable bonds is 5. The van der Waals surface area contributed by atoms with E-state index in [2.05, 4.69) is 31.2 Å². The Bertz CT molecular complexity index is 743. The first-order valence-corrected chi connectivity index (χ1v) is 8.73. The minimum Gasteiger partial charge on any atom is -0.382 e. The van der Waals surface area contributed by atoms with Crippen molar-refractivity contribution in [3.05, 3.63) is 42.1 Å². The van der Waals surface area contributed by atoms with Gasteiger partial charge in [0.1, 0.15) is 11.6 Å². The van der Waals surface area contributed by atoms with Crippen LogP contribution in [-0.2, 0) is 16.0 Å². The number of hydrogen-bond donors (Lipinski definition) is 1. The standard InChI is InChI=1S/C18H26N6O2/c1-14-20-7-8-24(14)17-15(5-4-6-21-17)11-22-18(19-2)23-9-10-26-16(12-23)13-25-3/h4-8,16H,9-13H2,1-3H3,(H,19,22). The number of guanidine groups is 1. The van der Waals surface area contributed by atoms with Crippen LogP contribution in [0, 0.1) is 6.92 Å². The Kier molecular flexibility index (Phi) is 6.19. The fourth-order valence-corrected chi connectivity index (χ4v) is 3.09. The van der Waals surface area contributed by atoms with Gasteiger partial charge in [-0.25, -0.2) is 9.97 Å². The van der Waals surface area contributed by atoms with E-state index in [1.165, 1.54) is 0 Å². The SMILES string of the molecule is CN=C(NCc1cccnc1-n1ccnc1C)N1CCOC(COC)C1. The minimum absolute atomic E-state index is 0.0647. The molecule has 1 fully saturated rings. The number of methoxy groups -OCH3 is 1. The number of nitrogens with one attached hydrogen (secondary N) is 1. The van der Waals surface area contributed by atoms with Crippen LogP contribution in [0.2, 0.25) is 0 Å². The van der Waals surface area contributed by atoms with E-state index in [4.69, 9.17) is 9.47 Å². The number of imidazole rings is 1. The number of aliphatic imine (C=N–C) groups is 1. The molecule has 8 nitrogen and oxygen atoms in total. The molecule has 1 saturated heterocycles. The van der Waals surface area contributed by atoms with Gasteiger partial charge in [-0.1, -0.05) is 6.07 Å². The number of hydrogen-bond acceptors (Lipinski definition) is 5. The molecule has 0 radical (unpaired) electrons. The van der Waals surface area contributed by atoms with Gasteiger partial charge in [0.15, 0.2) is 5.96 Å². The largest absolute Gasteiger partial charge is 0.382 e. The van der Waals surface area contributed by atoms with Gasteiger partial charge in [-0.05, 0) is 13.0 Å². The number of aryl methyl sites for hydroxylation is 1. The lowest BCUT2D eigenvalue weighted by Gasteiger charge is -2.34. The topological polar surface area (TPSA) is 76.8 Å². The molecule has 0 bridgehead atoms. The van der Waals surface area contributed by atoms with Crippen molar-refractivity contribution in [3.63, 3.8) is 0 Å². The summed E-state index contributed by atoms with van der Waals surface area (Å²) in [7, 11) is 3.49. The van der Waals surface area contributed by atoms with E-state index < -0.39 is 0 Å². The highest BCUT2D eigenvalue weighted by Crippen LogP contribution is 2.13. The van der Waals surface area contributed by atoms with Crippen molar-refractivity contribution in [2.75, 3.05) is 40.5 Å². The Morgan fingerprint density at radius 2 is 2.31 bits per heavy atom. The van der Waals surface area contributed by atoms with Crippen molar-refractivity contribution in [2.24, 2.45) is 4.99 Å². The van der Waals surface area contributed by atoms with Crippen LogP contribution in [0.5, 0.6) is 0 Å². The molecule has 26 heavy (non-hydrogen) atoms. The summed E-state index contributed by atoms with van der Waals surface area (Å²) in [6.07, 6.45) is 5.57. The summed E-state index contributed by atoms with van der Waals surface area (Å²) in [6, 6.07) is 4.01. The molecule has 2 aromatic rings. The number of pyridine rings is 1. The van der Waals surface area contributed by atoms with Gasteiger partial charge in [-0.15, -0.1) is 0 Å². The van der Waals surface area contributed by atoms with Crippen LogP contribution in [0.4, 0.5) is 0 Å². The monoisotopic (exact) mass is 358 g/mol. The number of ether oxygens (including phenoxy) is 2. The van der Waals surface area contributed by atoms with Gasteiger partial charge in [0.05, 0.1) is 19.3 Å². The van der Waals surface area contributed by atoms with Gasteiger partial charge < -0.3 is 19.7 Å². The molecule has 1 N–H and O–H groups in total. The van der Waals surface area contributed by atoms with Crippen LogP contribution in [0.15, 0.2) is 35.7 Å². The van der Waals surface area contributed by atoms with Crippen molar-refractivity contribution < 1.29 is 9.47 Å². The lowest BCUT2D eigenvalue weighted by Crippen LogP contribution is -2.51. The van der Waals surface area contributed by atoms with Crippen LogP contribution in [0.25, 0.3) is 5.82 Å². The van der Waals surface area contributed by atoms with Crippen molar-refractivity contribution >= 4 is 5.96 Å². The summed E-state index contributed by atoms with van der Waals surface area (Å²) < 4.78 is 12.9. The fourth-order valence-electron chi connectivity index (χ4n) is 3.09. The molecule has 0 aliphatic carbocycles. The van der Waals surface area contributed by atoms with Gasteiger partial charge in [0.25, 0.3) is 0 Å². The second-order valence-electron chi connectivity index (χ2n) is 6.13. The van der Waals surface area contributed by atoms with Crippen LogP contribution < -0.4 is 5.32 Å². The van der Waals surface area contributed by atoms with Crippen molar-refractivity contribution in [2.45, 2.75) is 19.6 Å². The predicted molar refractivity (Wildman–Crippen MR) is 99.5 cm³/mol. The third kappa shape index (κ3) is 4.20. The van der Waals surface area contributed by atoms with Crippen LogP contribution >= 0.6 is 0 Å². The van der Waals surface area contributed by atoms with Gasteiger partial charge in [0, 0.05) is 57.9 Å². The highest BCUT2D eigenvalue weighted by atomic mass is 16.5. The van der Waals surface area contributed by atoms with E-state index >= 15 is 0 Å². The zero-order valence-corrected chi connectivity index (χ0v) is 15.6. The average molecular weight is 358 g/mol. The molecule has 3 rings (SSSR count). The third-order valence-corrected chi connectivity index (χ3v) is 4.36. The fraction of sp³-hybridized carbons (Fsp3) is 0.500. The molecule has 0 amide bonds. The molecule has 0 saturated carbocycles. The van der Waals surface area contributed by atoms with E-state index in [-0.39, 0.29) is 6.10 Å². The third-order valence-electron chi connectivity index (χ3n) is 4.36. The predicted octanol–water partition coefficient (Wildman–Crippen LogP) is 0.998. The summed E-state index contributed by atoms with van der Waals surface area (Å²) in [5.41, 5.74) is 1.08. The first-order chi connectivity index (χ1) is 12.7. The molecule has 140 valence electrons. The van der Waals surface area contributed by atoms with Gasteiger partial charge >= 0.3 is 0 Å². The molecule has 8 heteroatoms. The highest BCUT2D eigenvalue weighted by Gasteiger charge is 2.23. The van der Waals surface area contributed by atoms with E-state index in [1.807, 2.05) is 23.8 Å². The molecule has 1 unspecified atom stereocenters. The Morgan fingerprint density at radius 1 is 1.42 bits per heavy atom. The molecule has 2 aromatic heterocycles. The maximum absolute atomic E-state index is 5.72. The van der Waals surface area contributed by atoms with E-state index in [1.54, 1.807) is 26.6 Å². The Morgan fingerprint density at radius 3 is 3.04 bits per heavy atom. The first kappa shape index (κ1) is 18.3. The lowest BCUT2D eigenvalue weighted by molar-refractivity contribution is -0.0447. The maximum Gasteiger partial charge on any atom is 0.194 e. The number of aromatic nitrogens is 3. The minimum atomic E-state index is 0.0647. The quantitative estimate of drug-likeness (QED) is 0.635. The molecule has 3 heterocycles. The summed E-state index contributed by atoms with van der Waals surface area (Å²) in [5.74, 6) is 2.64. The second-order valence-corrected chi connectivity index (χ2v) is 6.13.